The van der Waals surface area contributed by atoms with Gasteiger partial charge in [-0.15, -0.1) is 6.58 Å². The maximum atomic E-state index is 16.2. The van der Waals surface area contributed by atoms with Crippen molar-refractivity contribution < 1.29 is 8.78 Å². The van der Waals surface area contributed by atoms with Crippen molar-refractivity contribution in [3.05, 3.63) is 58.8 Å². The van der Waals surface area contributed by atoms with Crippen molar-refractivity contribution in [2.24, 2.45) is 5.41 Å². The number of alkyl halides is 1. The molecule has 3 saturated heterocycles. The van der Waals surface area contributed by atoms with Crippen molar-refractivity contribution in [1.29, 1.82) is 0 Å². The van der Waals surface area contributed by atoms with Crippen LogP contribution in [0.5, 0.6) is 0 Å². The minimum Gasteiger partial charge on any atom is -0.355 e. The average molecular weight is 638 g/mol. The lowest BCUT2D eigenvalue weighted by Gasteiger charge is -2.41. The zero-order valence-corrected chi connectivity index (χ0v) is 28.6. The SMILES string of the molecule is C=CCC1(C)CCCN(c2nc(CC)nc3c(F)c(-c4cc(C)cc(Cl)c4CCCC)ncc23)C1.CC12CCCN1CC(F)C2. The molecule has 0 bridgehead atoms. The Morgan fingerprint density at radius 1 is 1.13 bits per heavy atom. The summed E-state index contributed by atoms with van der Waals surface area (Å²) in [7, 11) is 0. The van der Waals surface area contributed by atoms with E-state index in [1.54, 1.807) is 6.20 Å². The molecule has 0 aliphatic carbocycles. The lowest BCUT2D eigenvalue weighted by molar-refractivity contribution is 0.217. The van der Waals surface area contributed by atoms with Crippen molar-refractivity contribution in [3.63, 3.8) is 0 Å². The van der Waals surface area contributed by atoms with Gasteiger partial charge in [0.1, 0.15) is 29.0 Å². The van der Waals surface area contributed by atoms with Gasteiger partial charge < -0.3 is 4.90 Å². The number of fused-ring (bicyclic) bond motifs is 2. The zero-order chi connectivity index (χ0) is 32.4. The van der Waals surface area contributed by atoms with Crippen molar-refractivity contribution in [3.8, 4) is 11.3 Å². The molecule has 6 rings (SSSR count). The second-order valence-corrected chi connectivity index (χ2v) is 14.5. The molecule has 8 heteroatoms. The summed E-state index contributed by atoms with van der Waals surface area (Å²) in [6.07, 6.45) is 13.0. The van der Waals surface area contributed by atoms with Gasteiger partial charge in [0.15, 0.2) is 5.82 Å². The normalized spacial score (nSPS) is 24.9. The minimum atomic E-state index is -0.551. The van der Waals surface area contributed by atoms with Crippen molar-refractivity contribution >= 4 is 28.3 Å². The highest BCUT2D eigenvalue weighted by atomic mass is 35.5. The van der Waals surface area contributed by atoms with E-state index in [4.69, 9.17) is 16.6 Å². The summed E-state index contributed by atoms with van der Waals surface area (Å²) in [4.78, 5) is 18.7. The summed E-state index contributed by atoms with van der Waals surface area (Å²) >= 11 is 6.63. The fourth-order valence-corrected chi connectivity index (χ4v) is 8.05. The van der Waals surface area contributed by atoms with Crippen molar-refractivity contribution in [2.75, 3.05) is 31.1 Å². The smallest absolute Gasteiger partial charge is 0.175 e. The van der Waals surface area contributed by atoms with Gasteiger partial charge in [0.2, 0.25) is 0 Å². The van der Waals surface area contributed by atoms with Crippen LogP contribution in [0.1, 0.15) is 96.0 Å². The highest BCUT2D eigenvalue weighted by Crippen LogP contribution is 2.40. The van der Waals surface area contributed by atoms with E-state index in [-0.39, 0.29) is 11.0 Å². The molecule has 3 aliphatic rings. The largest absolute Gasteiger partial charge is 0.355 e. The topological polar surface area (TPSA) is 45.2 Å². The number of hydrogen-bond acceptors (Lipinski definition) is 5. The Hall–Kier alpha value is -2.64. The first-order chi connectivity index (χ1) is 21.5. The number of aryl methyl sites for hydroxylation is 2. The molecule has 5 nitrogen and oxygen atoms in total. The van der Waals surface area contributed by atoms with Crippen LogP contribution in [0, 0.1) is 18.2 Å². The molecule has 0 spiro atoms. The van der Waals surface area contributed by atoms with E-state index in [2.05, 4.69) is 47.1 Å². The highest BCUT2D eigenvalue weighted by Gasteiger charge is 2.44. The van der Waals surface area contributed by atoms with Gasteiger partial charge in [-0.05, 0) is 100 Å². The third-order valence-corrected chi connectivity index (χ3v) is 10.4. The number of halogens is 3. The number of nitrogens with zero attached hydrogens (tertiary/aromatic N) is 5. The van der Waals surface area contributed by atoms with Crippen LogP contribution in [0.15, 0.2) is 31.0 Å². The van der Waals surface area contributed by atoms with Gasteiger partial charge in [-0.2, -0.15) is 0 Å². The fraction of sp³-hybridized carbons (Fsp3) is 0.595. The molecule has 3 unspecified atom stereocenters. The molecule has 3 aliphatic heterocycles. The predicted molar refractivity (Wildman–Crippen MR) is 184 cm³/mol. The monoisotopic (exact) mass is 637 g/mol. The molecular weight excluding hydrogens is 588 g/mol. The van der Waals surface area contributed by atoms with E-state index in [9.17, 15) is 4.39 Å². The predicted octanol–water partition coefficient (Wildman–Crippen LogP) is 9.46. The minimum absolute atomic E-state index is 0.127. The molecule has 5 heterocycles. The molecular formula is C37H50ClF2N5. The third-order valence-electron chi connectivity index (χ3n) is 10.1. The highest BCUT2D eigenvalue weighted by molar-refractivity contribution is 6.31. The van der Waals surface area contributed by atoms with Crippen LogP contribution < -0.4 is 4.90 Å². The Morgan fingerprint density at radius 3 is 2.62 bits per heavy atom. The Kier molecular flexibility index (Phi) is 10.5. The molecule has 3 atom stereocenters. The molecule has 3 aromatic rings. The first-order valence-electron chi connectivity index (χ1n) is 16.9. The average Bonchev–Trinajstić information content (AvgIpc) is 3.49. The third kappa shape index (κ3) is 7.20. The second kappa shape index (κ2) is 14.0. The fourth-order valence-electron chi connectivity index (χ4n) is 7.68. The van der Waals surface area contributed by atoms with Gasteiger partial charge >= 0.3 is 0 Å². The summed E-state index contributed by atoms with van der Waals surface area (Å²) in [6, 6.07) is 3.93. The molecule has 1 aromatic carbocycles. The molecule has 0 amide bonds. The summed E-state index contributed by atoms with van der Waals surface area (Å²) in [5, 5.41) is 1.34. The number of hydrogen-bond donors (Lipinski definition) is 0. The molecule has 0 N–H and O–H groups in total. The van der Waals surface area contributed by atoms with E-state index >= 15 is 4.39 Å². The number of benzene rings is 1. The summed E-state index contributed by atoms with van der Waals surface area (Å²) in [5.41, 5.74) is 3.72. The van der Waals surface area contributed by atoms with Crippen molar-refractivity contribution in [2.45, 2.75) is 111 Å². The first kappa shape index (κ1) is 33.7. The molecule has 45 heavy (non-hydrogen) atoms. The molecule has 2 aromatic heterocycles. The van der Waals surface area contributed by atoms with E-state index in [0.717, 1.165) is 87.1 Å². The maximum absolute atomic E-state index is 16.2. The molecule has 0 radical (unpaired) electrons. The first-order valence-corrected chi connectivity index (χ1v) is 17.3. The van der Waals surface area contributed by atoms with E-state index in [1.807, 2.05) is 32.1 Å². The lowest BCUT2D eigenvalue weighted by Crippen LogP contribution is -2.42. The molecule has 3 fully saturated rings. The van der Waals surface area contributed by atoms with Gasteiger partial charge in [-0.25, -0.2) is 18.7 Å². The van der Waals surface area contributed by atoms with Crippen molar-refractivity contribution in [1.82, 2.24) is 19.9 Å². The molecule has 0 saturated carbocycles. The summed E-state index contributed by atoms with van der Waals surface area (Å²) in [6.45, 7) is 18.1. The Labute approximate surface area is 273 Å². The molecule has 244 valence electrons. The van der Waals surface area contributed by atoms with Crippen LogP contribution >= 0.6 is 11.6 Å². The van der Waals surface area contributed by atoms with Crippen LogP contribution in [-0.2, 0) is 12.8 Å². The van der Waals surface area contributed by atoms with Crippen LogP contribution in [0.25, 0.3) is 22.2 Å². The van der Waals surface area contributed by atoms with Crippen LogP contribution in [-0.4, -0.2) is 57.7 Å². The Bertz CT molecular complexity index is 1530. The van der Waals surface area contributed by atoms with Gasteiger partial charge in [0.25, 0.3) is 0 Å². The van der Waals surface area contributed by atoms with Gasteiger partial charge in [0, 0.05) is 48.4 Å². The standard InChI is InChI=1S/C29H36ClFN4.C8H14FN/c1-6-9-11-20-21(15-19(4)16-23(20)30)26-25(31)27-22(17-32-26)28(34-24(8-3)33-27)35-14-10-13-29(5,18-35)12-7-2;1-8-3-2-4-10(8)6-7(9)5-8/h7,15-17H,2,6,8-14,18H2,1,3-5H3;7H,2-6H2,1H3. The number of pyridine rings is 1. The maximum Gasteiger partial charge on any atom is 0.175 e. The summed E-state index contributed by atoms with van der Waals surface area (Å²) < 4.78 is 29.1. The van der Waals surface area contributed by atoms with E-state index in [0.29, 0.717) is 40.4 Å². The number of piperidine rings is 1. The number of aromatic nitrogens is 3. The quantitative estimate of drug-likeness (QED) is 0.230. The van der Waals surface area contributed by atoms with Crippen LogP contribution in [0.3, 0.4) is 0 Å². The number of allylic oxidation sites excluding steroid dienone is 1. The second-order valence-electron chi connectivity index (χ2n) is 14.1. The van der Waals surface area contributed by atoms with Crippen LogP contribution in [0.4, 0.5) is 14.6 Å². The number of rotatable bonds is 8. The van der Waals surface area contributed by atoms with E-state index < -0.39 is 12.0 Å². The van der Waals surface area contributed by atoms with E-state index in [1.165, 1.54) is 12.8 Å². The van der Waals surface area contributed by atoms with Crippen LogP contribution in [0.2, 0.25) is 5.02 Å². The van der Waals surface area contributed by atoms with Gasteiger partial charge in [-0.1, -0.05) is 44.9 Å². The van der Waals surface area contributed by atoms with Gasteiger partial charge in [0.05, 0.1) is 5.39 Å². The van der Waals surface area contributed by atoms with Gasteiger partial charge in [-0.3, -0.25) is 9.88 Å². The number of unbranched alkanes of at least 4 members (excludes halogenated alkanes) is 1. The number of anilines is 1. The summed E-state index contributed by atoms with van der Waals surface area (Å²) in [5.74, 6) is 1.03. The lowest BCUT2D eigenvalue weighted by atomic mass is 9.79. The zero-order valence-electron chi connectivity index (χ0n) is 27.9. The Balaban J connectivity index is 0.000000336. The Morgan fingerprint density at radius 2 is 1.91 bits per heavy atom.